The fraction of sp³-hybridized carbons (Fsp3) is 0.421. The number of oxazole rings is 1. The van der Waals surface area contributed by atoms with E-state index in [4.69, 9.17) is 4.42 Å². The van der Waals surface area contributed by atoms with Crippen molar-refractivity contribution in [2.24, 2.45) is 5.92 Å². The number of fused-ring (bicyclic) bond motifs is 1. The van der Waals surface area contributed by atoms with E-state index in [1.807, 2.05) is 11.4 Å². The van der Waals surface area contributed by atoms with Crippen molar-refractivity contribution in [1.29, 1.82) is 0 Å². The first-order valence-corrected chi connectivity index (χ1v) is 9.94. The highest BCUT2D eigenvalue weighted by Gasteiger charge is 2.15. The number of nitrogens with one attached hydrogen (secondary N) is 2. The minimum absolute atomic E-state index is 0.0311. The zero-order chi connectivity index (χ0) is 17.9. The number of hydrogen-bond acceptors (Lipinski definition) is 5. The van der Waals surface area contributed by atoms with Gasteiger partial charge in [0.25, 0.3) is 0 Å². The van der Waals surface area contributed by atoms with Crippen LogP contribution in [-0.4, -0.2) is 15.9 Å². The Labute approximate surface area is 154 Å². The van der Waals surface area contributed by atoms with E-state index < -0.39 is 5.76 Å². The fourth-order valence-electron chi connectivity index (χ4n) is 3.56. The van der Waals surface area contributed by atoms with Gasteiger partial charge < -0.3 is 9.73 Å². The third-order valence-electron chi connectivity index (χ3n) is 4.97. The number of aromatic amines is 1. The van der Waals surface area contributed by atoms with Crippen LogP contribution < -0.4 is 11.1 Å². The second-order valence-corrected chi connectivity index (χ2v) is 7.71. The number of anilines is 1. The Balaban J connectivity index is 1.38. The number of thiazole rings is 1. The maximum Gasteiger partial charge on any atom is 0.417 e. The van der Waals surface area contributed by atoms with Gasteiger partial charge in [0.2, 0.25) is 5.91 Å². The SMILES string of the molecule is O=C(CCC1CCCCC1)Nc1nc(-c2ccc3[nH]c(=O)oc3c2)cs1. The van der Waals surface area contributed by atoms with E-state index >= 15 is 0 Å². The van der Waals surface area contributed by atoms with Crippen molar-refractivity contribution in [2.45, 2.75) is 44.9 Å². The molecule has 7 heteroatoms. The van der Waals surface area contributed by atoms with E-state index in [0.29, 0.717) is 28.6 Å². The number of aromatic nitrogens is 2. The Bertz CT molecular complexity index is 966. The first-order valence-electron chi connectivity index (χ1n) is 9.06. The molecule has 0 aliphatic heterocycles. The molecule has 0 unspecified atom stereocenters. The first kappa shape index (κ1) is 17.0. The minimum atomic E-state index is -0.471. The molecule has 2 heterocycles. The van der Waals surface area contributed by atoms with Crippen LogP contribution in [0.1, 0.15) is 44.9 Å². The average Bonchev–Trinajstić information content (AvgIpc) is 3.25. The Hall–Kier alpha value is -2.41. The van der Waals surface area contributed by atoms with Crippen LogP contribution in [-0.2, 0) is 4.79 Å². The summed E-state index contributed by atoms with van der Waals surface area (Å²) in [6.07, 6.45) is 7.97. The molecule has 4 rings (SSSR count). The predicted molar refractivity (Wildman–Crippen MR) is 102 cm³/mol. The molecular weight excluding hydrogens is 350 g/mol. The van der Waals surface area contributed by atoms with Gasteiger partial charge in [-0.2, -0.15) is 0 Å². The molecule has 26 heavy (non-hydrogen) atoms. The van der Waals surface area contributed by atoms with Crippen LogP contribution in [0.4, 0.5) is 5.13 Å². The Morgan fingerprint density at radius 2 is 2.15 bits per heavy atom. The highest BCUT2D eigenvalue weighted by atomic mass is 32.1. The molecule has 0 saturated heterocycles. The molecule has 2 N–H and O–H groups in total. The van der Waals surface area contributed by atoms with Crippen LogP contribution in [0.15, 0.2) is 32.8 Å². The third-order valence-corrected chi connectivity index (χ3v) is 5.73. The van der Waals surface area contributed by atoms with Crippen LogP contribution in [0, 0.1) is 5.92 Å². The standard InChI is InChI=1S/C19H21N3O3S/c23-17(9-6-12-4-2-1-3-5-12)22-18-20-15(11-26-18)13-7-8-14-16(10-13)25-19(24)21-14/h7-8,10-12H,1-6,9H2,(H,21,24)(H,20,22,23). The number of amides is 1. The van der Waals surface area contributed by atoms with E-state index in [2.05, 4.69) is 15.3 Å². The van der Waals surface area contributed by atoms with Crippen molar-refractivity contribution < 1.29 is 9.21 Å². The average molecular weight is 371 g/mol. The second kappa shape index (κ2) is 7.45. The summed E-state index contributed by atoms with van der Waals surface area (Å²) in [7, 11) is 0. The molecule has 1 aliphatic carbocycles. The van der Waals surface area contributed by atoms with Gasteiger partial charge >= 0.3 is 5.76 Å². The molecule has 0 bridgehead atoms. The predicted octanol–water partition coefficient (Wildman–Crippen LogP) is 4.54. The smallest absolute Gasteiger partial charge is 0.408 e. The van der Waals surface area contributed by atoms with Crippen LogP contribution in [0.5, 0.6) is 0 Å². The molecule has 0 spiro atoms. The summed E-state index contributed by atoms with van der Waals surface area (Å²) in [6, 6.07) is 5.44. The molecule has 1 aliphatic rings. The van der Waals surface area contributed by atoms with E-state index in [-0.39, 0.29) is 5.91 Å². The third kappa shape index (κ3) is 3.88. The lowest BCUT2D eigenvalue weighted by atomic mass is 9.86. The molecule has 3 aromatic rings. The Kier molecular flexibility index (Phi) is 4.88. The summed E-state index contributed by atoms with van der Waals surface area (Å²) >= 11 is 1.40. The van der Waals surface area contributed by atoms with E-state index in [1.165, 1.54) is 43.4 Å². The molecule has 1 saturated carbocycles. The molecule has 0 atom stereocenters. The maximum absolute atomic E-state index is 12.2. The molecule has 0 radical (unpaired) electrons. The van der Waals surface area contributed by atoms with Crippen molar-refractivity contribution in [3.05, 3.63) is 34.1 Å². The van der Waals surface area contributed by atoms with Gasteiger partial charge in [-0.25, -0.2) is 9.78 Å². The molecule has 1 fully saturated rings. The maximum atomic E-state index is 12.2. The van der Waals surface area contributed by atoms with Gasteiger partial charge in [-0.15, -0.1) is 11.3 Å². The van der Waals surface area contributed by atoms with Gasteiger partial charge in [-0.3, -0.25) is 9.78 Å². The van der Waals surface area contributed by atoms with Gasteiger partial charge in [0.15, 0.2) is 10.7 Å². The van der Waals surface area contributed by atoms with Crippen molar-refractivity contribution in [3.63, 3.8) is 0 Å². The Morgan fingerprint density at radius 3 is 3.00 bits per heavy atom. The summed E-state index contributed by atoms with van der Waals surface area (Å²) in [6.45, 7) is 0. The Morgan fingerprint density at radius 1 is 1.31 bits per heavy atom. The molecule has 6 nitrogen and oxygen atoms in total. The zero-order valence-corrected chi connectivity index (χ0v) is 15.2. The van der Waals surface area contributed by atoms with Gasteiger partial charge in [-0.05, 0) is 24.5 Å². The van der Waals surface area contributed by atoms with Crippen LogP contribution >= 0.6 is 11.3 Å². The van der Waals surface area contributed by atoms with Crippen LogP contribution in [0.25, 0.3) is 22.4 Å². The number of carbonyl (C=O) groups is 1. The summed E-state index contributed by atoms with van der Waals surface area (Å²) in [5.74, 6) is 0.258. The van der Waals surface area contributed by atoms with Gasteiger partial charge in [-0.1, -0.05) is 38.2 Å². The molecule has 1 aromatic carbocycles. The van der Waals surface area contributed by atoms with E-state index in [1.54, 1.807) is 12.1 Å². The van der Waals surface area contributed by atoms with E-state index in [0.717, 1.165) is 17.7 Å². The lowest BCUT2D eigenvalue weighted by Crippen LogP contribution is -2.14. The highest BCUT2D eigenvalue weighted by Crippen LogP contribution is 2.29. The number of nitrogens with zero attached hydrogens (tertiary/aromatic N) is 1. The van der Waals surface area contributed by atoms with Crippen molar-refractivity contribution in [2.75, 3.05) is 5.32 Å². The summed E-state index contributed by atoms with van der Waals surface area (Å²) in [5, 5.41) is 5.39. The van der Waals surface area contributed by atoms with Crippen molar-refractivity contribution in [1.82, 2.24) is 9.97 Å². The topological polar surface area (TPSA) is 88.0 Å². The monoisotopic (exact) mass is 371 g/mol. The quantitative estimate of drug-likeness (QED) is 0.689. The fourth-order valence-corrected chi connectivity index (χ4v) is 4.30. The number of carbonyl (C=O) groups excluding carboxylic acids is 1. The summed E-state index contributed by atoms with van der Waals surface area (Å²) in [4.78, 5) is 30.5. The van der Waals surface area contributed by atoms with Crippen molar-refractivity contribution in [3.8, 4) is 11.3 Å². The number of benzene rings is 1. The molecular formula is C19H21N3O3S. The summed E-state index contributed by atoms with van der Waals surface area (Å²) in [5.41, 5.74) is 2.76. The van der Waals surface area contributed by atoms with Crippen LogP contribution in [0.3, 0.4) is 0 Å². The largest absolute Gasteiger partial charge is 0.417 e. The lowest BCUT2D eigenvalue weighted by molar-refractivity contribution is -0.116. The van der Waals surface area contributed by atoms with E-state index in [9.17, 15) is 9.59 Å². The first-order chi connectivity index (χ1) is 12.7. The van der Waals surface area contributed by atoms with Gasteiger partial charge in [0.1, 0.15) is 0 Å². The number of hydrogen-bond donors (Lipinski definition) is 2. The van der Waals surface area contributed by atoms with Crippen LogP contribution in [0.2, 0.25) is 0 Å². The zero-order valence-electron chi connectivity index (χ0n) is 14.4. The number of rotatable bonds is 5. The second-order valence-electron chi connectivity index (χ2n) is 6.85. The number of H-pyrrole nitrogens is 1. The van der Waals surface area contributed by atoms with Gasteiger partial charge in [0, 0.05) is 17.4 Å². The molecule has 1 amide bonds. The molecule has 2 aromatic heterocycles. The lowest BCUT2D eigenvalue weighted by Gasteiger charge is -2.20. The minimum Gasteiger partial charge on any atom is -0.408 e. The normalized spacial score (nSPS) is 15.4. The highest BCUT2D eigenvalue weighted by molar-refractivity contribution is 7.14. The van der Waals surface area contributed by atoms with Crippen molar-refractivity contribution >= 4 is 33.5 Å². The summed E-state index contributed by atoms with van der Waals surface area (Å²) < 4.78 is 5.09. The molecule has 136 valence electrons. The van der Waals surface area contributed by atoms with Gasteiger partial charge in [0.05, 0.1) is 11.2 Å².